The Morgan fingerprint density at radius 2 is 1.53 bits per heavy atom. The Balaban J connectivity index is 1.76. The molecule has 0 saturated carbocycles. The van der Waals surface area contributed by atoms with Gasteiger partial charge in [0.05, 0.1) is 38.7 Å². The molecular formula is C30H27N4+. The van der Waals surface area contributed by atoms with E-state index in [0.717, 1.165) is 16.8 Å². The number of benzene rings is 3. The van der Waals surface area contributed by atoms with E-state index in [4.69, 9.17) is 4.98 Å². The van der Waals surface area contributed by atoms with Crippen molar-refractivity contribution in [3.63, 3.8) is 0 Å². The van der Waals surface area contributed by atoms with Gasteiger partial charge in [-0.15, -0.1) is 0 Å². The van der Waals surface area contributed by atoms with Gasteiger partial charge in [0.2, 0.25) is 11.5 Å². The third kappa shape index (κ3) is 2.23. The number of aromatic nitrogens is 4. The quantitative estimate of drug-likeness (QED) is 0.273. The summed E-state index contributed by atoms with van der Waals surface area (Å²) in [5, 5.41) is 0. The van der Waals surface area contributed by atoms with Gasteiger partial charge in [0.1, 0.15) is 7.05 Å². The average molecular weight is 444 g/mol. The molecule has 4 heterocycles. The van der Waals surface area contributed by atoms with Crippen molar-refractivity contribution in [2.45, 2.75) is 33.2 Å². The molecule has 166 valence electrons. The molecule has 0 amide bonds. The number of hydrogen-bond donors (Lipinski definition) is 0. The third-order valence-electron chi connectivity index (χ3n) is 7.66. The Kier molecular flexibility index (Phi) is 3.65. The molecule has 0 N–H and O–H groups in total. The van der Waals surface area contributed by atoms with E-state index in [1.807, 2.05) is 0 Å². The van der Waals surface area contributed by atoms with E-state index in [1.54, 1.807) is 0 Å². The van der Waals surface area contributed by atoms with Crippen molar-refractivity contribution in [3.05, 3.63) is 89.6 Å². The number of para-hydroxylation sites is 2. The Bertz CT molecular complexity index is 1800. The third-order valence-corrected chi connectivity index (χ3v) is 7.66. The summed E-state index contributed by atoms with van der Waals surface area (Å²) in [7, 11) is 2.19. The van der Waals surface area contributed by atoms with Gasteiger partial charge in [-0.1, -0.05) is 48.5 Å². The van der Waals surface area contributed by atoms with Crippen molar-refractivity contribution >= 4 is 27.8 Å². The van der Waals surface area contributed by atoms with Gasteiger partial charge < -0.3 is 0 Å². The van der Waals surface area contributed by atoms with Crippen molar-refractivity contribution in [2.75, 3.05) is 0 Å². The van der Waals surface area contributed by atoms with Crippen molar-refractivity contribution in [1.29, 1.82) is 0 Å². The lowest BCUT2D eigenvalue weighted by Crippen LogP contribution is -2.41. The molecule has 34 heavy (non-hydrogen) atoms. The fraction of sp³-hybridized carbons (Fsp3) is 0.200. The fourth-order valence-electron chi connectivity index (χ4n) is 6.31. The van der Waals surface area contributed by atoms with Crippen LogP contribution < -0.4 is 4.57 Å². The number of pyridine rings is 1. The Hall–Kier alpha value is -3.92. The SMILES string of the molecule is Cc1c[n+](C)c2c(c1-c1ccccc1)C(C)(C)n1c3c-2c(C)ccc3n2c3ccccc3nc12. The summed E-state index contributed by atoms with van der Waals surface area (Å²) >= 11 is 0. The molecule has 0 bridgehead atoms. The molecule has 1 aliphatic rings. The molecule has 7 rings (SSSR count). The first-order valence-corrected chi connectivity index (χ1v) is 11.9. The molecule has 0 spiro atoms. The number of aryl methyl sites for hydroxylation is 3. The van der Waals surface area contributed by atoms with Gasteiger partial charge in [0.15, 0.2) is 6.20 Å². The lowest BCUT2D eigenvalue weighted by Gasteiger charge is -2.35. The van der Waals surface area contributed by atoms with Crippen LogP contribution in [0.1, 0.15) is 30.5 Å². The predicted molar refractivity (Wildman–Crippen MR) is 138 cm³/mol. The first kappa shape index (κ1) is 19.5. The van der Waals surface area contributed by atoms with Gasteiger partial charge in [0.25, 0.3) is 0 Å². The van der Waals surface area contributed by atoms with Crippen LogP contribution in [0.25, 0.3) is 50.2 Å². The lowest BCUT2D eigenvalue weighted by atomic mass is 9.78. The predicted octanol–water partition coefficient (Wildman–Crippen LogP) is 6.31. The van der Waals surface area contributed by atoms with Gasteiger partial charge in [-0.3, -0.25) is 8.97 Å². The van der Waals surface area contributed by atoms with Crippen LogP contribution >= 0.6 is 0 Å². The van der Waals surface area contributed by atoms with E-state index in [0.29, 0.717) is 0 Å². The maximum absolute atomic E-state index is 5.16. The Morgan fingerprint density at radius 1 is 0.794 bits per heavy atom. The zero-order valence-corrected chi connectivity index (χ0v) is 20.2. The molecular weight excluding hydrogens is 416 g/mol. The molecule has 3 aromatic heterocycles. The van der Waals surface area contributed by atoms with Gasteiger partial charge in [-0.05, 0) is 57.0 Å². The molecule has 4 nitrogen and oxygen atoms in total. The number of nitrogens with zero attached hydrogens (tertiary/aromatic N) is 4. The van der Waals surface area contributed by atoms with Crippen LogP contribution in [-0.2, 0) is 12.6 Å². The van der Waals surface area contributed by atoms with Crippen LogP contribution in [0.3, 0.4) is 0 Å². The molecule has 3 aromatic carbocycles. The Labute approximate surface area is 198 Å². The second kappa shape index (κ2) is 6.35. The normalized spacial score (nSPS) is 14.3. The highest BCUT2D eigenvalue weighted by atomic mass is 15.2. The summed E-state index contributed by atoms with van der Waals surface area (Å²) < 4.78 is 7.16. The smallest absolute Gasteiger partial charge is 0.220 e. The standard InChI is InChI=1S/C30H27N4/c1-18-15-16-23-27-25(18)28-26(24(19(2)17-32(28)5)20-11-7-6-8-12-20)30(3,4)34(27)29-31-21-13-9-10-14-22(21)33(23)29/h6-17H,1-5H3/q+1. The molecule has 1 aliphatic heterocycles. The highest BCUT2D eigenvalue weighted by molar-refractivity contribution is 6.02. The van der Waals surface area contributed by atoms with Crippen LogP contribution in [0, 0.1) is 13.8 Å². The van der Waals surface area contributed by atoms with Gasteiger partial charge in [0, 0.05) is 11.1 Å². The summed E-state index contributed by atoms with van der Waals surface area (Å²) in [5.41, 5.74) is 13.5. The van der Waals surface area contributed by atoms with Crippen molar-refractivity contribution < 1.29 is 4.57 Å². The lowest BCUT2D eigenvalue weighted by molar-refractivity contribution is -0.661. The van der Waals surface area contributed by atoms with E-state index in [1.165, 1.54) is 50.1 Å². The molecule has 0 aliphatic carbocycles. The first-order valence-electron chi connectivity index (χ1n) is 11.9. The topological polar surface area (TPSA) is 26.1 Å². The second-order valence-electron chi connectivity index (χ2n) is 10.1. The van der Waals surface area contributed by atoms with E-state index in [9.17, 15) is 0 Å². The zero-order valence-electron chi connectivity index (χ0n) is 20.2. The maximum atomic E-state index is 5.16. The molecule has 0 unspecified atom stereocenters. The molecule has 0 fully saturated rings. The molecule has 0 atom stereocenters. The average Bonchev–Trinajstić information content (AvgIpc) is 3.34. The number of hydrogen-bond acceptors (Lipinski definition) is 1. The van der Waals surface area contributed by atoms with E-state index in [-0.39, 0.29) is 5.54 Å². The highest BCUT2D eigenvalue weighted by Gasteiger charge is 2.44. The fourth-order valence-corrected chi connectivity index (χ4v) is 6.31. The molecule has 4 heteroatoms. The first-order chi connectivity index (χ1) is 16.4. The van der Waals surface area contributed by atoms with Crippen LogP contribution in [0.5, 0.6) is 0 Å². The van der Waals surface area contributed by atoms with E-state index >= 15 is 0 Å². The Morgan fingerprint density at radius 3 is 2.32 bits per heavy atom. The van der Waals surface area contributed by atoms with E-state index in [2.05, 4.69) is 121 Å². The number of fused-ring (bicyclic) bond motifs is 7. The van der Waals surface area contributed by atoms with E-state index < -0.39 is 0 Å². The molecule has 0 saturated heterocycles. The minimum Gasteiger partial charge on any atom is -0.299 e. The minimum atomic E-state index is -0.310. The van der Waals surface area contributed by atoms with Gasteiger partial charge >= 0.3 is 0 Å². The summed E-state index contributed by atoms with van der Waals surface area (Å²) in [4.78, 5) is 5.16. The monoisotopic (exact) mass is 443 g/mol. The highest BCUT2D eigenvalue weighted by Crippen LogP contribution is 2.50. The largest absolute Gasteiger partial charge is 0.299 e. The van der Waals surface area contributed by atoms with Crippen molar-refractivity contribution in [3.8, 4) is 22.4 Å². The summed E-state index contributed by atoms with van der Waals surface area (Å²) in [5.74, 6) is 1.00. The van der Waals surface area contributed by atoms with Crippen LogP contribution in [0.2, 0.25) is 0 Å². The summed E-state index contributed by atoms with van der Waals surface area (Å²) in [6.45, 7) is 9.16. The molecule has 0 radical (unpaired) electrons. The van der Waals surface area contributed by atoms with Crippen LogP contribution in [0.15, 0.2) is 72.9 Å². The van der Waals surface area contributed by atoms with Crippen LogP contribution in [-0.4, -0.2) is 14.0 Å². The van der Waals surface area contributed by atoms with Crippen molar-refractivity contribution in [2.24, 2.45) is 7.05 Å². The summed E-state index contributed by atoms with van der Waals surface area (Å²) in [6.07, 6.45) is 2.29. The minimum absolute atomic E-state index is 0.310. The number of rotatable bonds is 1. The van der Waals surface area contributed by atoms with Gasteiger partial charge in [-0.2, -0.15) is 0 Å². The molecule has 6 aromatic rings. The van der Waals surface area contributed by atoms with Crippen LogP contribution in [0.4, 0.5) is 0 Å². The number of imidazole rings is 2. The zero-order chi connectivity index (χ0) is 23.4. The summed E-state index contributed by atoms with van der Waals surface area (Å²) in [6, 6.07) is 23.8. The van der Waals surface area contributed by atoms with Gasteiger partial charge in [-0.25, -0.2) is 9.55 Å². The van der Waals surface area contributed by atoms with Crippen molar-refractivity contribution in [1.82, 2.24) is 14.0 Å². The second-order valence-corrected chi connectivity index (χ2v) is 10.1. The maximum Gasteiger partial charge on any atom is 0.220 e.